The molecule has 8 heteroatoms. The Labute approximate surface area is 213 Å². The minimum atomic E-state index is -0.709. The maximum Gasteiger partial charge on any atom is 0.191 e. The Bertz CT molecular complexity index is 723. The number of hydrogen-bond donors (Lipinski definition) is 3. The van der Waals surface area contributed by atoms with Gasteiger partial charge in [0.15, 0.2) is 5.96 Å². The van der Waals surface area contributed by atoms with Crippen LogP contribution in [0.25, 0.3) is 0 Å². The van der Waals surface area contributed by atoms with Gasteiger partial charge in [0.2, 0.25) is 0 Å². The second kappa shape index (κ2) is 14.5. The average Bonchev–Trinajstić information content (AvgIpc) is 2.80. The van der Waals surface area contributed by atoms with Crippen molar-refractivity contribution in [2.24, 2.45) is 4.99 Å². The smallest absolute Gasteiger partial charge is 0.191 e. The maximum absolute atomic E-state index is 12.2. The number of likely N-dealkylation sites (tertiary alicyclic amines) is 1. The van der Waals surface area contributed by atoms with Crippen molar-refractivity contribution in [1.82, 2.24) is 15.5 Å². The third-order valence-electron chi connectivity index (χ3n) is 6.37. The number of rotatable bonds is 8. The second-order valence-corrected chi connectivity index (χ2v) is 10.8. The molecule has 1 aliphatic carbocycles. The van der Waals surface area contributed by atoms with Crippen LogP contribution in [-0.4, -0.2) is 63.0 Å². The zero-order valence-corrected chi connectivity index (χ0v) is 22.7. The fourth-order valence-corrected chi connectivity index (χ4v) is 5.87. The highest BCUT2D eigenvalue weighted by atomic mass is 127. The van der Waals surface area contributed by atoms with Gasteiger partial charge in [0.05, 0.1) is 12.6 Å². The summed E-state index contributed by atoms with van der Waals surface area (Å²) in [6, 6.07) is 9.08. The van der Waals surface area contributed by atoms with E-state index in [2.05, 4.69) is 46.7 Å². The van der Waals surface area contributed by atoms with Crippen LogP contribution in [0.5, 0.6) is 0 Å². The van der Waals surface area contributed by atoms with Gasteiger partial charge in [-0.15, -0.1) is 24.0 Å². The number of benzene rings is 1. The SMILES string of the molecule is CCNC(=NCc1ccc(CN2CCC(O)CC2)cc1)NC1CCCC(S(=O)CC)C1.I. The van der Waals surface area contributed by atoms with Gasteiger partial charge in [0.1, 0.15) is 0 Å². The predicted molar refractivity (Wildman–Crippen MR) is 145 cm³/mol. The van der Waals surface area contributed by atoms with Crippen molar-refractivity contribution in [3.63, 3.8) is 0 Å². The molecule has 1 heterocycles. The Kier molecular flexibility index (Phi) is 12.5. The van der Waals surface area contributed by atoms with Crippen molar-refractivity contribution in [3.8, 4) is 0 Å². The molecule has 3 unspecified atom stereocenters. The highest BCUT2D eigenvalue weighted by Crippen LogP contribution is 2.23. The van der Waals surface area contributed by atoms with Crippen molar-refractivity contribution >= 4 is 40.7 Å². The van der Waals surface area contributed by atoms with Gasteiger partial charge in [-0.1, -0.05) is 37.6 Å². The summed E-state index contributed by atoms with van der Waals surface area (Å²) in [5.74, 6) is 1.60. The quantitative estimate of drug-likeness (QED) is 0.251. The zero-order valence-electron chi connectivity index (χ0n) is 19.6. The lowest BCUT2D eigenvalue weighted by molar-refractivity contribution is 0.0792. The van der Waals surface area contributed by atoms with Crippen molar-refractivity contribution in [1.29, 1.82) is 0 Å². The normalized spacial score (nSPS) is 23.9. The molecule has 1 aromatic carbocycles. The lowest BCUT2D eigenvalue weighted by Gasteiger charge is -2.30. The first-order chi connectivity index (χ1) is 15.1. The summed E-state index contributed by atoms with van der Waals surface area (Å²) in [5, 5.41) is 16.9. The van der Waals surface area contributed by atoms with Gasteiger partial charge in [-0.2, -0.15) is 0 Å². The van der Waals surface area contributed by atoms with Crippen LogP contribution in [0.3, 0.4) is 0 Å². The predicted octanol–water partition coefficient (Wildman–Crippen LogP) is 3.40. The van der Waals surface area contributed by atoms with Crippen LogP contribution in [0.2, 0.25) is 0 Å². The van der Waals surface area contributed by atoms with E-state index >= 15 is 0 Å². The van der Waals surface area contributed by atoms with E-state index in [9.17, 15) is 9.32 Å². The molecule has 0 aromatic heterocycles. The minimum absolute atomic E-state index is 0. The molecule has 0 radical (unpaired) electrons. The third-order valence-corrected chi connectivity index (χ3v) is 8.11. The molecule has 1 saturated carbocycles. The number of aliphatic imine (C=N–C) groups is 1. The van der Waals surface area contributed by atoms with Gasteiger partial charge in [0, 0.05) is 54.0 Å². The first kappa shape index (κ1) is 27.5. The van der Waals surface area contributed by atoms with Crippen molar-refractivity contribution in [2.45, 2.75) is 82.9 Å². The summed E-state index contributed by atoms with van der Waals surface area (Å²) in [4.78, 5) is 7.21. The topological polar surface area (TPSA) is 77.0 Å². The van der Waals surface area contributed by atoms with Crippen LogP contribution in [0, 0.1) is 0 Å². The van der Waals surface area contributed by atoms with E-state index in [0.29, 0.717) is 17.8 Å². The molecule has 3 atom stereocenters. The molecule has 0 bridgehead atoms. The fourth-order valence-electron chi connectivity index (χ4n) is 4.52. The van der Waals surface area contributed by atoms with Gasteiger partial charge in [-0.25, -0.2) is 4.99 Å². The summed E-state index contributed by atoms with van der Waals surface area (Å²) in [6.45, 7) is 8.46. The molecule has 2 fully saturated rings. The first-order valence-corrected chi connectivity index (χ1v) is 13.4. The van der Waals surface area contributed by atoms with E-state index in [0.717, 1.165) is 76.4 Å². The summed E-state index contributed by atoms with van der Waals surface area (Å²) in [5.41, 5.74) is 2.51. The molecule has 6 nitrogen and oxygen atoms in total. The monoisotopic (exact) mass is 576 g/mol. The van der Waals surface area contributed by atoms with Crippen LogP contribution in [0.15, 0.2) is 29.3 Å². The molecule has 1 aliphatic heterocycles. The first-order valence-electron chi connectivity index (χ1n) is 12.0. The van der Waals surface area contributed by atoms with E-state index < -0.39 is 10.8 Å². The largest absolute Gasteiger partial charge is 0.393 e. The van der Waals surface area contributed by atoms with E-state index in [1.54, 1.807) is 0 Å². The molecule has 3 N–H and O–H groups in total. The number of nitrogens with one attached hydrogen (secondary N) is 2. The van der Waals surface area contributed by atoms with Gasteiger partial charge in [0.25, 0.3) is 0 Å². The average molecular weight is 577 g/mol. The molecular formula is C24H41IN4O2S. The maximum atomic E-state index is 12.2. The lowest BCUT2D eigenvalue weighted by atomic mass is 9.95. The van der Waals surface area contributed by atoms with Gasteiger partial charge in [-0.05, 0) is 50.2 Å². The van der Waals surface area contributed by atoms with E-state index in [-0.39, 0.29) is 30.1 Å². The van der Waals surface area contributed by atoms with Crippen molar-refractivity contribution in [2.75, 3.05) is 25.4 Å². The Morgan fingerprint density at radius 3 is 2.47 bits per heavy atom. The molecule has 3 rings (SSSR count). The Morgan fingerprint density at radius 2 is 1.81 bits per heavy atom. The number of aliphatic hydroxyl groups is 1. The molecule has 32 heavy (non-hydrogen) atoms. The molecular weight excluding hydrogens is 535 g/mol. The number of hydrogen-bond acceptors (Lipinski definition) is 4. The van der Waals surface area contributed by atoms with Gasteiger partial charge >= 0.3 is 0 Å². The Hall–Kier alpha value is -0.710. The zero-order chi connectivity index (χ0) is 22.1. The molecule has 182 valence electrons. The molecule has 1 aromatic rings. The van der Waals surface area contributed by atoms with Crippen LogP contribution in [0.4, 0.5) is 0 Å². The number of halogens is 1. The molecule has 1 saturated heterocycles. The minimum Gasteiger partial charge on any atom is -0.393 e. The number of piperidine rings is 1. The van der Waals surface area contributed by atoms with Crippen LogP contribution >= 0.6 is 24.0 Å². The van der Waals surface area contributed by atoms with Gasteiger partial charge < -0.3 is 15.7 Å². The third kappa shape index (κ3) is 8.91. The molecule has 0 spiro atoms. The standard InChI is InChI=1S/C24H40N4O2S.HI/c1-3-25-24(27-21-6-5-7-23(16-21)31(30)4-2)26-17-19-8-10-20(11-9-19)18-28-14-12-22(29)13-15-28;/h8-11,21-23,29H,3-7,12-18H2,1-2H3,(H2,25,26,27);1H. The van der Waals surface area contributed by atoms with Crippen molar-refractivity contribution < 1.29 is 9.32 Å². The highest BCUT2D eigenvalue weighted by molar-refractivity contribution is 14.0. The summed E-state index contributed by atoms with van der Waals surface area (Å²) < 4.78 is 12.2. The second-order valence-electron chi connectivity index (χ2n) is 8.82. The Morgan fingerprint density at radius 1 is 1.12 bits per heavy atom. The van der Waals surface area contributed by atoms with Crippen molar-refractivity contribution in [3.05, 3.63) is 35.4 Å². The van der Waals surface area contributed by atoms with Crippen LogP contribution in [-0.2, 0) is 23.9 Å². The Balaban J connectivity index is 0.00000363. The van der Waals surface area contributed by atoms with Crippen LogP contribution < -0.4 is 10.6 Å². The molecule has 2 aliphatic rings. The fraction of sp³-hybridized carbons (Fsp3) is 0.708. The number of nitrogens with zero attached hydrogens (tertiary/aromatic N) is 2. The van der Waals surface area contributed by atoms with E-state index in [1.807, 2.05) is 6.92 Å². The number of guanidine groups is 1. The van der Waals surface area contributed by atoms with Crippen LogP contribution in [0.1, 0.15) is 63.5 Å². The molecule has 0 amide bonds. The lowest BCUT2D eigenvalue weighted by Crippen LogP contribution is -2.46. The number of aliphatic hydroxyl groups excluding tert-OH is 1. The highest BCUT2D eigenvalue weighted by Gasteiger charge is 2.26. The van der Waals surface area contributed by atoms with E-state index in [1.165, 1.54) is 11.1 Å². The summed E-state index contributed by atoms with van der Waals surface area (Å²) in [7, 11) is -0.709. The van der Waals surface area contributed by atoms with Gasteiger partial charge in [-0.3, -0.25) is 9.11 Å². The van der Waals surface area contributed by atoms with E-state index in [4.69, 9.17) is 4.99 Å². The summed E-state index contributed by atoms with van der Waals surface area (Å²) in [6.07, 6.45) is 5.93. The summed E-state index contributed by atoms with van der Waals surface area (Å²) >= 11 is 0.